The van der Waals surface area contributed by atoms with Crippen LogP contribution >= 0.6 is 27.3 Å². The Kier molecular flexibility index (Phi) is 4.96. The average Bonchev–Trinajstić information content (AvgIpc) is 3.32. The zero-order valence-electron chi connectivity index (χ0n) is 18.9. The molecule has 0 N–H and O–H groups in total. The molecule has 170 valence electrons. The largest absolute Gasteiger partial charge is 0.349 e. The van der Waals surface area contributed by atoms with Crippen LogP contribution in [0.5, 0.6) is 0 Å². The van der Waals surface area contributed by atoms with Gasteiger partial charge in [0.1, 0.15) is 5.01 Å². The third-order valence-corrected chi connectivity index (χ3v) is 8.24. The summed E-state index contributed by atoms with van der Waals surface area (Å²) in [5.74, 6) is 0. The minimum Gasteiger partial charge on any atom is -0.349 e. The summed E-state index contributed by atoms with van der Waals surface area (Å²) in [7, 11) is 0. The Hall–Kier alpha value is -3.48. The number of fused-ring (bicyclic) bond motifs is 7. The van der Waals surface area contributed by atoms with Crippen LogP contribution in [0.3, 0.4) is 0 Å². The first-order chi connectivity index (χ1) is 17.2. The van der Waals surface area contributed by atoms with E-state index in [1.54, 1.807) is 11.3 Å². The second-order valence-corrected chi connectivity index (χ2v) is 10.9. The molecule has 4 nitrogen and oxygen atoms in total. The van der Waals surface area contributed by atoms with Crippen molar-refractivity contribution in [1.29, 1.82) is 0 Å². The van der Waals surface area contributed by atoms with Gasteiger partial charge in [-0.25, -0.2) is 4.98 Å². The van der Waals surface area contributed by atoms with Gasteiger partial charge in [-0.2, -0.15) is 0 Å². The zero-order chi connectivity index (χ0) is 23.4. The summed E-state index contributed by atoms with van der Waals surface area (Å²) in [6.07, 6.45) is 1.97. The molecule has 2 aliphatic heterocycles. The number of thiazole rings is 1. The fourth-order valence-electron chi connectivity index (χ4n) is 4.98. The highest BCUT2D eigenvalue weighted by atomic mass is 79.9. The number of aliphatic imine (C=N–C) groups is 1. The fraction of sp³-hybridized carbons (Fsp3) is 0.103. The van der Waals surface area contributed by atoms with Crippen molar-refractivity contribution in [2.75, 3.05) is 16.5 Å². The zero-order valence-corrected chi connectivity index (χ0v) is 21.3. The molecular formula is C29H21BrN4S. The maximum absolute atomic E-state index is 4.76. The molecule has 0 saturated heterocycles. The summed E-state index contributed by atoms with van der Waals surface area (Å²) < 4.78 is 2.35. The van der Waals surface area contributed by atoms with Crippen LogP contribution in [0, 0.1) is 0 Å². The second-order valence-electron chi connectivity index (χ2n) is 8.99. The standard InChI is InChI=1S/C29H21BrN4S/c30-23-8-12-27-22(14-23)17-34-18-33(27)16-21-13-19(5-11-26(21)34)15-31-24-9-6-20(7-10-24)29-32-25-3-1-2-4-28(25)35-29/h1-15H,16-18H2. The van der Waals surface area contributed by atoms with Crippen molar-refractivity contribution in [1.82, 2.24) is 4.98 Å². The Morgan fingerprint density at radius 3 is 2.37 bits per heavy atom. The third-order valence-electron chi connectivity index (χ3n) is 6.66. The average molecular weight is 537 g/mol. The molecule has 0 fully saturated rings. The summed E-state index contributed by atoms with van der Waals surface area (Å²) in [6.45, 7) is 2.79. The van der Waals surface area contributed by atoms with E-state index in [4.69, 9.17) is 9.98 Å². The first kappa shape index (κ1) is 20.9. The second kappa shape index (κ2) is 8.33. The number of nitrogens with zero attached hydrogens (tertiary/aromatic N) is 4. The summed E-state index contributed by atoms with van der Waals surface area (Å²) in [5, 5.41) is 1.04. The molecule has 0 atom stereocenters. The summed E-state index contributed by atoms with van der Waals surface area (Å²) >= 11 is 5.34. The third kappa shape index (κ3) is 3.83. The van der Waals surface area contributed by atoms with E-state index < -0.39 is 0 Å². The molecule has 0 amide bonds. The van der Waals surface area contributed by atoms with E-state index in [0.29, 0.717) is 0 Å². The van der Waals surface area contributed by atoms with Gasteiger partial charge in [-0.3, -0.25) is 4.99 Å². The molecule has 35 heavy (non-hydrogen) atoms. The van der Waals surface area contributed by atoms with Gasteiger partial charge in [0.05, 0.1) is 22.6 Å². The number of para-hydroxylation sites is 1. The molecular weight excluding hydrogens is 516 g/mol. The van der Waals surface area contributed by atoms with Crippen LogP contribution in [0.2, 0.25) is 0 Å². The number of hydrogen-bond donors (Lipinski definition) is 0. The van der Waals surface area contributed by atoms with Gasteiger partial charge in [0, 0.05) is 40.7 Å². The lowest BCUT2D eigenvalue weighted by atomic mass is 10.0. The van der Waals surface area contributed by atoms with Crippen molar-refractivity contribution in [2.45, 2.75) is 13.1 Å². The number of anilines is 2. The summed E-state index contributed by atoms with van der Waals surface area (Å²) in [5.41, 5.74) is 9.62. The van der Waals surface area contributed by atoms with Crippen molar-refractivity contribution in [2.24, 2.45) is 4.99 Å². The Labute approximate surface area is 216 Å². The van der Waals surface area contributed by atoms with E-state index in [1.165, 1.54) is 27.2 Å². The molecule has 6 heteroatoms. The van der Waals surface area contributed by atoms with E-state index in [0.717, 1.165) is 51.6 Å². The van der Waals surface area contributed by atoms with Gasteiger partial charge in [0.2, 0.25) is 0 Å². The van der Waals surface area contributed by atoms with Crippen molar-refractivity contribution < 1.29 is 0 Å². The van der Waals surface area contributed by atoms with Gasteiger partial charge in [-0.15, -0.1) is 11.3 Å². The molecule has 5 aromatic rings. The Balaban J connectivity index is 1.11. The number of benzene rings is 4. The molecule has 2 bridgehead atoms. The predicted octanol–water partition coefficient (Wildman–Crippen LogP) is 7.77. The van der Waals surface area contributed by atoms with Crippen molar-refractivity contribution in [3.05, 3.63) is 106 Å². The lowest BCUT2D eigenvalue weighted by Gasteiger charge is -2.44. The lowest BCUT2D eigenvalue weighted by Crippen LogP contribution is -2.46. The van der Waals surface area contributed by atoms with Gasteiger partial charge < -0.3 is 9.80 Å². The van der Waals surface area contributed by atoms with Crippen molar-refractivity contribution in [3.63, 3.8) is 0 Å². The maximum Gasteiger partial charge on any atom is 0.124 e. The highest BCUT2D eigenvalue weighted by Crippen LogP contribution is 2.39. The van der Waals surface area contributed by atoms with Crippen molar-refractivity contribution in [3.8, 4) is 10.6 Å². The topological polar surface area (TPSA) is 31.7 Å². The van der Waals surface area contributed by atoms with Crippen LogP contribution in [-0.2, 0) is 13.1 Å². The molecule has 0 unspecified atom stereocenters. The van der Waals surface area contributed by atoms with Crippen LogP contribution in [0.1, 0.15) is 16.7 Å². The first-order valence-corrected chi connectivity index (χ1v) is 13.2. The van der Waals surface area contributed by atoms with Crippen LogP contribution < -0.4 is 9.80 Å². The van der Waals surface area contributed by atoms with Gasteiger partial charge in [-0.05, 0) is 83.4 Å². The van der Waals surface area contributed by atoms with E-state index in [1.807, 2.05) is 12.3 Å². The fourth-order valence-corrected chi connectivity index (χ4v) is 6.36. The smallest absolute Gasteiger partial charge is 0.124 e. The molecule has 1 aromatic heterocycles. The molecule has 7 rings (SSSR count). The van der Waals surface area contributed by atoms with Gasteiger partial charge in [-0.1, -0.05) is 34.1 Å². The quantitative estimate of drug-likeness (QED) is 0.220. The molecule has 0 saturated carbocycles. The van der Waals surface area contributed by atoms with E-state index in [-0.39, 0.29) is 0 Å². The molecule has 4 aromatic carbocycles. The van der Waals surface area contributed by atoms with E-state index in [9.17, 15) is 0 Å². The number of rotatable bonds is 3. The van der Waals surface area contributed by atoms with E-state index in [2.05, 4.69) is 105 Å². The normalized spacial score (nSPS) is 14.4. The van der Waals surface area contributed by atoms with E-state index >= 15 is 0 Å². The van der Waals surface area contributed by atoms with Gasteiger partial charge >= 0.3 is 0 Å². The molecule has 0 aliphatic carbocycles. The minimum absolute atomic E-state index is 0.916. The molecule has 2 aliphatic rings. The van der Waals surface area contributed by atoms with Gasteiger partial charge in [0.15, 0.2) is 0 Å². The molecule has 3 heterocycles. The predicted molar refractivity (Wildman–Crippen MR) is 150 cm³/mol. The number of hydrogen-bond acceptors (Lipinski definition) is 5. The Bertz CT molecular complexity index is 1570. The highest BCUT2D eigenvalue weighted by Gasteiger charge is 2.29. The Morgan fingerprint density at radius 1 is 0.829 bits per heavy atom. The van der Waals surface area contributed by atoms with Crippen LogP contribution in [0.15, 0.2) is 94.4 Å². The van der Waals surface area contributed by atoms with Crippen LogP contribution in [0.25, 0.3) is 20.8 Å². The van der Waals surface area contributed by atoms with Crippen molar-refractivity contribution >= 4 is 60.8 Å². The molecule has 0 radical (unpaired) electrons. The van der Waals surface area contributed by atoms with Crippen LogP contribution in [0.4, 0.5) is 17.1 Å². The summed E-state index contributed by atoms with van der Waals surface area (Å²) in [6, 6.07) is 29.9. The maximum atomic E-state index is 4.76. The SMILES string of the molecule is Brc1ccc2c(c1)CN1CN2Cc2cc(C=Nc3ccc(-c4nc5ccccc5s4)cc3)ccc21. The Morgan fingerprint density at radius 2 is 1.57 bits per heavy atom. The minimum atomic E-state index is 0.916. The van der Waals surface area contributed by atoms with Crippen LogP contribution in [-0.4, -0.2) is 17.9 Å². The summed E-state index contributed by atoms with van der Waals surface area (Å²) in [4.78, 5) is 14.4. The number of aromatic nitrogens is 1. The lowest BCUT2D eigenvalue weighted by molar-refractivity contribution is 0.650. The number of halogens is 1. The molecule has 0 spiro atoms. The highest BCUT2D eigenvalue weighted by molar-refractivity contribution is 9.10. The first-order valence-electron chi connectivity index (χ1n) is 11.6. The monoisotopic (exact) mass is 536 g/mol. The van der Waals surface area contributed by atoms with Gasteiger partial charge in [0.25, 0.3) is 0 Å².